The maximum Gasteiger partial charge on any atom is 0.338 e. The lowest BCUT2D eigenvalue weighted by Crippen LogP contribution is -2.50. The zero-order chi connectivity index (χ0) is 19.2. The molecule has 0 atom stereocenters. The third kappa shape index (κ3) is 4.92. The van der Waals surface area contributed by atoms with Crippen LogP contribution in [-0.2, 0) is 4.74 Å². The van der Waals surface area contributed by atoms with E-state index in [0.717, 1.165) is 18.8 Å². The standard InChI is InChI=1S/C20H22ClN3O3/c1-2-27-19(25)15-3-7-17(8-4-15)22-20(26)24-13-11-23(12-14-24)18-9-5-16(21)6-10-18/h3-10H,2,11-14H2,1H3,(H,22,26). The summed E-state index contributed by atoms with van der Waals surface area (Å²) in [5.41, 5.74) is 2.22. The first kappa shape index (κ1) is 19.0. The Labute approximate surface area is 163 Å². The molecule has 1 N–H and O–H groups in total. The predicted octanol–water partition coefficient (Wildman–Crippen LogP) is 3.87. The SMILES string of the molecule is CCOC(=O)c1ccc(NC(=O)N2CCN(c3ccc(Cl)cc3)CC2)cc1. The molecule has 0 radical (unpaired) electrons. The average Bonchev–Trinajstić information content (AvgIpc) is 2.69. The van der Waals surface area contributed by atoms with Crippen molar-refractivity contribution in [3.05, 3.63) is 59.1 Å². The Balaban J connectivity index is 1.52. The molecule has 1 aliphatic rings. The monoisotopic (exact) mass is 387 g/mol. The number of rotatable bonds is 4. The second kappa shape index (κ2) is 8.77. The first-order chi connectivity index (χ1) is 13.1. The molecule has 1 saturated heterocycles. The maximum atomic E-state index is 12.5. The molecule has 3 rings (SSSR count). The lowest BCUT2D eigenvalue weighted by molar-refractivity contribution is 0.0526. The number of nitrogens with zero attached hydrogens (tertiary/aromatic N) is 2. The summed E-state index contributed by atoms with van der Waals surface area (Å²) in [5.74, 6) is -0.367. The topological polar surface area (TPSA) is 61.9 Å². The highest BCUT2D eigenvalue weighted by molar-refractivity contribution is 6.30. The van der Waals surface area contributed by atoms with Gasteiger partial charge in [0.05, 0.1) is 12.2 Å². The molecular formula is C20H22ClN3O3. The zero-order valence-electron chi connectivity index (χ0n) is 15.2. The summed E-state index contributed by atoms with van der Waals surface area (Å²) in [6, 6.07) is 14.3. The van der Waals surface area contributed by atoms with Crippen LogP contribution in [0.1, 0.15) is 17.3 Å². The summed E-state index contributed by atoms with van der Waals surface area (Å²) in [5, 5.41) is 3.58. The number of hydrogen-bond acceptors (Lipinski definition) is 4. The van der Waals surface area contributed by atoms with Crippen molar-refractivity contribution in [3.8, 4) is 0 Å². The summed E-state index contributed by atoms with van der Waals surface area (Å²) in [6.07, 6.45) is 0. The molecule has 1 aliphatic heterocycles. The van der Waals surface area contributed by atoms with Crippen LogP contribution >= 0.6 is 11.6 Å². The number of anilines is 2. The Morgan fingerprint density at radius 1 is 1.00 bits per heavy atom. The van der Waals surface area contributed by atoms with Crippen molar-refractivity contribution in [2.24, 2.45) is 0 Å². The van der Waals surface area contributed by atoms with E-state index in [9.17, 15) is 9.59 Å². The molecule has 2 amide bonds. The third-order valence-electron chi connectivity index (χ3n) is 4.41. The highest BCUT2D eigenvalue weighted by Gasteiger charge is 2.21. The molecule has 0 bridgehead atoms. The van der Waals surface area contributed by atoms with Gasteiger partial charge in [-0.15, -0.1) is 0 Å². The van der Waals surface area contributed by atoms with E-state index >= 15 is 0 Å². The quantitative estimate of drug-likeness (QED) is 0.809. The van der Waals surface area contributed by atoms with E-state index in [0.29, 0.717) is 36.0 Å². The van der Waals surface area contributed by atoms with Crippen LogP contribution < -0.4 is 10.2 Å². The fourth-order valence-electron chi connectivity index (χ4n) is 2.93. The smallest absolute Gasteiger partial charge is 0.338 e. The van der Waals surface area contributed by atoms with Crippen LogP contribution in [0.4, 0.5) is 16.2 Å². The third-order valence-corrected chi connectivity index (χ3v) is 4.66. The van der Waals surface area contributed by atoms with E-state index in [-0.39, 0.29) is 12.0 Å². The number of amides is 2. The second-order valence-electron chi connectivity index (χ2n) is 6.18. The van der Waals surface area contributed by atoms with Gasteiger partial charge in [-0.3, -0.25) is 0 Å². The van der Waals surface area contributed by atoms with Crippen LogP contribution in [0.25, 0.3) is 0 Å². The van der Waals surface area contributed by atoms with E-state index in [2.05, 4.69) is 10.2 Å². The Morgan fingerprint density at radius 3 is 2.22 bits per heavy atom. The summed E-state index contributed by atoms with van der Waals surface area (Å²) in [4.78, 5) is 28.1. The van der Waals surface area contributed by atoms with Gasteiger partial charge in [-0.1, -0.05) is 11.6 Å². The number of hydrogen-bond donors (Lipinski definition) is 1. The molecular weight excluding hydrogens is 366 g/mol. The molecule has 27 heavy (non-hydrogen) atoms. The zero-order valence-corrected chi connectivity index (χ0v) is 15.9. The largest absolute Gasteiger partial charge is 0.462 e. The van der Waals surface area contributed by atoms with Gasteiger partial charge in [-0.25, -0.2) is 9.59 Å². The van der Waals surface area contributed by atoms with E-state index < -0.39 is 0 Å². The average molecular weight is 388 g/mol. The maximum absolute atomic E-state index is 12.5. The van der Waals surface area contributed by atoms with E-state index in [4.69, 9.17) is 16.3 Å². The van der Waals surface area contributed by atoms with Crippen molar-refractivity contribution < 1.29 is 14.3 Å². The minimum Gasteiger partial charge on any atom is -0.462 e. The Morgan fingerprint density at radius 2 is 1.63 bits per heavy atom. The molecule has 0 unspecified atom stereocenters. The lowest BCUT2D eigenvalue weighted by atomic mass is 10.2. The van der Waals surface area contributed by atoms with Crippen LogP contribution in [0.5, 0.6) is 0 Å². The first-order valence-electron chi connectivity index (χ1n) is 8.90. The van der Waals surface area contributed by atoms with Gasteiger partial charge in [0.2, 0.25) is 0 Å². The summed E-state index contributed by atoms with van der Waals surface area (Å²) in [6.45, 7) is 4.89. The number of urea groups is 1. The lowest BCUT2D eigenvalue weighted by Gasteiger charge is -2.36. The number of benzene rings is 2. The molecule has 0 aromatic heterocycles. The van der Waals surface area contributed by atoms with Crippen molar-refractivity contribution >= 4 is 35.0 Å². The number of carbonyl (C=O) groups is 2. The molecule has 0 spiro atoms. The molecule has 2 aromatic rings. The molecule has 0 aliphatic carbocycles. The van der Waals surface area contributed by atoms with Gasteiger partial charge in [0.1, 0.15) is 0 Å². The highest BCUT2D eigenvalue weighted by Crippen LogP contribution is 2.20. The molecule has 7 heteroatoms. The number of piperazine rings is 1. The summed E-state index contributed by atoms with van der Waals surface area (Å²) >= 11 is 5.93. The molecule has 0 saturated carbocycles. The van der Waals surface area contributed by atoms with E-state index in [1.54, 1.807) is 36.1 Å². The number of nitrogens with one attached hydrogen (secondary N) is 1. The number of esters is 1. The fraction of sp³-hybridized carbons (Fsp3) is 0.300. The van der Waals surface area contributed by atoms with Gasteiger partial charge in [0, 0.05) is 42.6 Å². The minimum absolute atomic E-state index is 0.144. The normalized spacial score (nSPS) is 14.0. The number of ether oxygens (including phenoxy) is 1. The van der Waals surface area contributed by atoms with Crippen LogP contribution in [0, 0.1) is 0 Å². The molecule has 1 heterocycles. The van der Waals surface area contributed by atoms with Crippen molar-refractivity contribution in [3.63, 3.8) is 0 Å². The highest BCUT2D eigenvalue weighted by atomic mass is 35.5. The second-order valence-corrected chi connectivity index (χ2v) is 6.61. The van der Waals surface area contributed by atoms with E-state index in [1.807, 2.05) is 24.3 Å². The fourth-order valence-corrected chi connectivity index (χ4v) is 3.05. The van der Waals surface area contributed by atoms with Crippen molar-refractivity contribution in [2.45, 2.75) is 6.92 Å². The van der Waals surface area contributed by atoms with E-state index in [1.165, 1.54) is 0 Å². The van der Waals surface area contributed by atoms with Crippen LogP contribution in [0.3, 0.4) is 0 Å². The Hall–Kier alpha value is -2.73. The number of carbonyl (C=O) groups excluding carboxylic acids is 2. The van der Waals surface area contributed by atoms with Gasteiger partial charge in [0.15, 0.2) is 0 Å². The van der Waals surface area contributed by atoms with Crippen LogP contribution in [0.15, 0.2) is 48.5 Å². The number of halogens is 1. The van der Waals surface area contributed by atoms with Gasteiger partial charge < -0.3 is 19.9 Å². The Kier molecular flexibility index (Phi) is 6.19. The van der Waals surface area contributed by atoms with Crippen LogP contribution in [-0.4, -0.2) is 49.7 Å². The van der Waals surface area contributed by atoms with Crippen LogP contribution in [0.2, 0.25) is 5.02 Å². The summed E-state index contributed by atoms with van der Waals surface area (Å²) < 4.78 is 4.95. The Bertz CT molecular complexity index is 785. The van der Waals surface area contributed by atoms with Crippen molar-refractivity contribution in [2.75, 3.05) is 43.0 Å². The molecule has 1 fully saturated rings. The molecule has 142 valence electrons. The predicted molar refractivity (Wildman–Crippen MR) is 107 cm³/mol. The van der Waals surface area contributed by atoms with Gasteiger partial charge >= 0.3 is 12.0 Å². The first-order valence-corrected chi connectivity index (χ1v) is 9.28. The van der Waals surface area contributed by atoms with Crippen molar-refractivity contribution in [1.82, 2.24) is 4.90 Å². The van der Waals surface area contributed by atoms with Crippen molar-refractivity contribution in [1.29, 1.82) is 0 Å². The molecule has 6 nitrogen and oxygen atoms in total. The molecule has 2 aromatic carbocycles. The summed E-state index contributed by atoms with van der Waals surface area (Å²) in [7, 11) is 0. The minimum atomic E-state index is -0.367. The van der Waals surface area contributed by atoms with Gasteiger partial charge in [-0.2, -0.15) is 0 Å². The van der Waals surface area contributed by atoms with Gasteiger partial charge in [-0.05, 0) is 55.5 Å². The van der Waals surface area contributed by atoms with Gasteiger partial charge in [0.25, 0.3) is 0 Å².